The van der Waals surface area contributed by atoms with Gasteiger partial charge in [0.15, 0.2) is 0 Å². The van der Waals surface area contributed by atoms with Gasteiger partial charge in [0.25, 0.3) is 5.69 Å². The van der Waals surface area contributed by atoms with E-state index in [1.807, 2.05) is 0 Å². The van der Waals surface area contributed by atoms with Crippen LogP contribution < -0.4 is 11.1 Å². The molecular weight excluding hydrogens is 326 g/mol. The summed E-state index contributed by atoms with van der Waals surface area (Å²) in [6.07, 6.45) is 5.90. The Bertz CT molecular complexity index is 702. The first-order valence-electron chi connectivity index (χ1n) is 8.02. The molecule has 0 radical (unpaired) electrons. The van der Waals surface area contributed by atoms with E-state index in [0.717, 1.165) is 19.3 Å². The number of hydrogen-bond acceptors (Lipinski definition) is 6. The number of ether oxygens (including phenoxy) is 1. The lowest BCUT2D eigenvalue weighted by atomic mass is 9.84. The van der Waals surface area contributed by atoms with Crippen LogP contribution in [-0.4, -0.2) is 30.0 Å². The van der Waals surface area contributed by atoms with E-state index in [4.69, 9.17) is 5.73 Å². The summed E-state index contributed by atoms with van der Waals surface area (Å²) < 4.78 is 4.49. The summed E-state index contributed by atoms with van der Waals surface area (Å²) in [4.78, 5) is 33.6. The van der Waals surface area contributed by atoms with Crippen molar-refractivity contribution in [3.63, 3.8) is 0 Å². The molecule has 1 aromatic carbocycles. The van der Waals surface area contributed by atoms with E-state index in [2.05, 4.69) is 10.1 Å². The zero-order valence-corrected chi connectivity index (χ0v) is 13.9. The second-order valence-corrected chi connectivity index (χ2v) is 5.93. The number of hydrogen-bond donors (Lipinski definition) is 2. The number of anilines is 1. The minimum Gasteiger partial charge on any atom is -0.466 e. The average molecular weight is 347 g/mol. The van der Waals surface area contributed by atoms with Crippen molar-refractivity contribution in [3.05, 3.63) is 40.0 Å². The molecule has 25 heavy (non-hydrogen) atoms. The number of nitro benzene ring substituents is 1. The lowest BCUT2D eigenvalue weighted by Crippen LogP contribution is -2.40. The first-order chi connectivity index (χ1) is 11.9. The van der Waals surface area contributed by atoms with E-state index in [-0.39, 0.29) is 17.6 Å². The van der Waals surface area contributed by atoms with Crippen molar-refractivity contribution < 1.29 is 19.2 Å². The maximum Gasteiger partial charge on any atom is 0.330 e. The molecule has 2 rings (SSSR count). The van der Waals surface area contributed by atoms with Crippen LogP contribution in [0.15, 0.2) is 24.3 Å². The number of esters is 1. The van der Waals surface area contributed by atoms with Gasteiger partial charge in [0.05, 0.1) is 18.0 Å². The highest BCUT2D eigenvalue weighted by molar-refractivity contribution is 5.87. The van der Waals surface area contributed by atoms with Gasteiger partial charge in [-0.2, -0.15) is 0 Å². The second-order valence-electron chi connectivity index (χ2n) is 5.93. The Hall–Kier alpha value is -2.90. The number of carbonyl (C=O) groups excluding carboxylic acids is 2. The topological polar surface area (TPSA) is 125 Å². The van der Waals surface area contributed by atoms with Crippen LogP contribution in [0.1, 0.15) is 31.2 Å². The van der Waals surface area contributed by atoms with E-state index in [1.54, 1.807) is 12.1 Å². The number of nitrogens with one attached hydrogen (secondary N) is 1. The number of rotatable bonds is 6. The summed E-state index contributed by atoms with van der Waals surface area (Å²) in [6.45, 7) is 0. The molecular formula is C17H21N3O5. The molecule has 1 saturated carbocycles. The van der Waals surface area contributed by atoms with Gasteiger partial charge in [-0.1, -0.05) is 18.9 Å². The highest BCUT2D eigenvalue weighted by Gasteiger charge is 2.30. The smallest absolute Gasteiger partial charge is 0.330 e. The molecule has 0 spiro atoms. The summed E-state index contributed by atoms with van der Waals surface area (Å²) in [6, 6.07) is 4.36. The molecule has 0 bridgehead atoms. The van der Waals surface area contributed by atoms with Gasteiger partial charge in [0, 0.05) is 18.2 Å². The number of amides is 1. The SMILES string of the molecule is COC(=O)/C=C/c1ccc(NC2CCCCC2C(N)=O)c([N+](=O)[O-])c1. The quantitative estimate of drug-likeness (QED) is 0.352. The third-order valence-electron chi connectivity index (χ3n) is 4.30. The molecule has 1 aromatic rings. The van der Waals surface area contributed by atoms with E-state index in [9.17, 15) is 19.7 Å². The zero-order valence-electron chi connectivity index (χ0n) is 13.9. The molecule has 2 atom stereocenters. The summed E-state index contributed by atoms with van der Waals surface area (Å²) in [7, 11) is 1.25. The molecule has 3 N–H and O–H groups in total. The van der Waals surface area contributed by atoms with Crippen molar-refractivity contribution in [3.8, 4) is 0 Å². The highest BCUT2D eigenvalue weighted by Crippen LogP contribution is 2.32. The number of benzene rings is 1. The van der Waals surface area contributed by atoms with Gasteiger partial charge in [0.2, 0.25) is 5.91 Å². The van der Waals surface area contributed by atoms with Gasteiger partial charge in [0.1, 0.15) is 5.69 Å². The number of nitrogens with zero attached hydrogens (tertiary/aromatic N) is 1. The largest absolute Gasteiger partial charge is 0.466 e. The van der Waals surface area contributed by atoms with Gasteiger partial charge < -0.3 is 15.8 Å². The fourth-order valence-electron chi connectivity index (χ4n) is 3.00. The molecule has 1 aliphatic carbocycles. The molecule has 2 unspecified atom stereocenters. The third kappa shape index (κ3) is 4.79. The van der Waals surface area contributed by atoms with Gasteiger partial charge in [-0.15, -0.1) is 0 Å². The van der Waals surface area contributed by atoms with Crippen LogP contribution in [0, 0.1) is 16.0 Å². The fourth-order valence-corrected chi connectivity index (χ4v) is 3.00. The van der Waals surface area contributed by atoms with Crippen molar-refractivity contribution in [2.24, 2.45) is 11.7 Å². The summed E-state index contributed by atoms with van der Waals surface area (Å²) in [5.74, 6) is -1.28. The lowest BCUT2D eigenvalue weighted by Gasteiger charge is -2.30. The molecule has 0 aromatic heterocycles. The number of nitro groups is 1. The zero-order chi connectivity index (χ0) is 18.4. The van der Waals surface area contributed by atoms with Crippen molar-refractivity contribution >= 4 is 29.3 Å². The van der Waals surface area contributed by atoms with Crippen LogP contribution in [0.3, 0.4) is 0 Å². The summed E-state index contributed by atoms with van der Waals surface area (Å²) >= 11 is 0. The van der Waals surface area contributed by atoms with Crippen molar-refractivity contribution in [2.75, 3.05) is 12.4 Å². The minimum atomic E-state index is -0.545. The Morgan fingerprint density at radius 1 is 1.36 bits per heavy atom. The van der Waals surface area contributed by atoms with Crippen LogP contribution in [0.5, 0.6) is 0 Å². The summed E-state index contributed by atoms with van der Waals surface area (Å²) in [5, 5.41) is 14.5. The third-order valence-corrected chi connectivity index (χ3v) is 4.30. The Kier molecular flexibility index (Phi) is 6.10. The number of primary amides is 1. The monoisotopic (exact) mass is 347 g/mol. The van der Waals surface area contributed by atoms with Crippen molar-refractivity contribution in [1.82, 2.24) is 0 Å². The van der Waals surface area contributed by atoms with Crippen molar-refractivity contribution in [1.29, 1.82) is 0 Å². The maximum atomic E-state index is 11.6. The van der Waals surface area contributed by atoms with Crippen LogP contribution in [0.2, 0.25) is 0 Å². The Labute approximate surface area is 145 Å². The molecule has 0 aliphatic heterocycles. The van der Waals surface area contributed by atoms with Crippen LogP contribution in [0.4, 0.5) is 11.4 Å². The van der Waals surface area contributed by atoms with Gasteiger partial charge in [-0.25, -0.2) is 4.79 Å². The van der Waals surface area contributed by atoms with Crippen LogP contribution in [0.25, 0.3) is 6.08 Å². The first-order valence-corrected chi connectivity index (χ1v) is 8.02. The van der Waals surface area contributed by atoms with Gasteiger partial charge >= 0.3 is 5.97 Å². The number of methoxy groups -OCH3 is 1. The molecule has 1 aliphatic rings. The van der Waals surface area contributed by atoms with Crippen molar-refractivity contribution in [2.45, 2.75) is 31.7 Å². The fraction of sp³-hybridized carbons (Fsp3) is 0.412. The Morgan fingerprint density at radius 2 is 2.08 bits per heavy atom. The van der Waals surface area contributed by atoms with E-state index in [1.165, 1.54) is 25.3 Å². The molecule has 134 valence electrons. The van der Waals surface area contributed by atoms with E-state index >= 15 is 0 Å². The average Bonchev–Trinajstić information content (AvgIpc) is 2.60. The van der Waals surface area contributed by atoms with E-state index in [0.29, 0.717) is 17.7 Å². The second kappa shape index (κ2) is 8.27. The number of nitrogens with two attached hydrogens (primary N) is 1. The highest BCUT2D eigenvalue weighted by atomic mass is 16.6. The minimum absolute atomic E-state index is 0.124. The number of carbonyl (C=O) groups is 2. The molecule has 8 heteroatoms. The lowest BCUT2D eigenvalue weighted by molar-refractivity contribution is -0.384. The Balaban J connectivity index is 2.25. The van der Waals surface area contributed by atoms with Crippen LogP contribution in [-0.2, 0) is 14.3 Å². The molecule has 0 saturated heterocycles. The molecule has 0 heterocycles. The predicted molar refractivity (Wildman–Crippen MR) is 92.7 cm³/mol. The first kappa shape index (κ1) is 18.4. The van der Waals surface area contributed by atoms with Gasteiger partial charge in [-0.05, 0) is 30.5 Å². The summed E-state index contributed by atoms with van der Waals surface area (Å²) in [5.41, 5.74) is 6.15. The van der Waals surface area contributed by atoms with Crippen LogP contribution >= 0.6 is 0 Å². The maximum absolute atomic E-state index is 11.6. The molecule has 8 nitrogen and oxygen atoms in total. The predicted octanol–water partition coefficient (Wildman–Crippen LogP) is 2.24. The molecule has 1 amide bonds. The standard InChI is InChI=1S/C17H21N3O5/c1-25-16(21)9-7-11-6-8-14(15(10-11)20(23)24)19-13-5-3-2-4-12(13)17(18)22/h6-10,12-13,19H,2-5H2,1H3,(H2,18,22)/b9-7+. The Morgan fingerprint density at radius 3 is 2.72 bits per heavy atom. The van der Waals surface area contributed by atoms with Gasteiger partial charge in [-0.3, -0.25) is 14.9 Å². The molecule has 1 fully saturated rings. The van der Waals surface area contributed by atoms with E-state index < -0.39 is 16.8 Å². The normalized spacial score (nSPS) is 20.2.